The average Bonchev–Trinajstić information content (AvgIpc) is 3.62. The summed E-state index contributed by atoms with van der Waals surface area (Å²) < 4.78 is 13.4. The molecule has 0 saturated carbocycles. The first-order valence-electron chi connectivity index (χ1n) is 18.8. The Morgan fingerprint density at radius 1 is 0.345 bits per heavy atom. The van der Waals surface area contributed by atoms with Crippen LogP contribution in [0.2, 0.25) is 0 Å². The van der Waals surface area contributed by atoms with E-state index in [2.05, 4.69) is 206 Å². The van der Waals surface area contributed by atoms with Gasteiger partial charge < -0.3 is 9.15 Å². The maximum atomic E-state index is 6.88. The van der Waals surface area contributed by atoms with Gasteiger partial charge in [0.2, 0.25) is 0 Å². The highest BCUT2D eigenvalue weighted by atomic mass is 16.5. The number of hydrogen-bond donors (Lipinski definition) is 0. The Morgan fingerprint density at radius 2 is 0.891 bits per heavy atom. The SMILES string of the molecule is c1ccc(C2(c3ccccc3)c3ccccc3Oc3cc(-c4ccccc4-c4ccccc4-c4cccc5oc6cc7ccccc7cc6c45)ccc32)cc1. The zero-order valence-electron chi connectivity index (χ0n) is 29.9. The molecule has 55 heavy (non-hydrogen) atoms. The summed E-state index contributed by atoms with van der Waals surface area (Å²) in [6.45, 7) is 0. The summed E-state index contributed by atoms with van der Waals surface area (Å²) in [5, 5.41) is 4.63. The molecule has 1 aliphatic heterocycles. The summed E-state index contributed by atoms with van der Waals surface area (Å²) in [5.41, 5.74) is 12.7. The molecule has 0 spiro atoms. The Hall–Kier alpha value is -7.16. The fraction of sp³-hybridized carbons (Fsp3) is 0.0189. The van der Waals surface area contributed by atoms with Crippen LogP contribution in [0, 0.1) is 0 Å². The van der Waals surface area contributed by atoms with E-state index >= 15 is 0 Å². The van der Waals surface area contributed by atoms with Crippen LogP contribution >= 0.6 is 0 Å². The maximum absolute atomic E-state index is 6.88. The predicted molar refractivity (Wildman–Crippen MR) is 226 cm³/mol. The van der Waals surface area contributed by atoms with Gasteiger partial charge >= 0.3 is 0 Å². The van der Waals surface area contributed by atoms with Crippen LogP contribution in [0.15, 0.2) is 211 Å². The highest BCUT2D eigenvalue weighted by Gasteiger charge is 2.45. The summed E-state index contributed by atoms with van der Waals surface area (Å²) in [6, 6.07) is 73.8. The van der Waals surface area contributed by atoms with Crippen molar-refractivity contribution in [2.75, 3.05) is 0 Å². The lowest BCUT2D eigenvalue weighted by Gasteiger charge is -2.41. The third-order valence-electron chi connectivity index (χ3n) is 11.4. The Morgan fingerprint density at radius 3 is 1.62 bits per heavy atom. The zero-order valence-corrected chi connectivity index (χ0v) is 29.9. The molecule has 1 aliphatic rings. The van der Waals surface area contributed by atoms with Gasteiger partial charge in [0.25, 0.3) is 0 Å². The molecule has 0 bridgehead atoms. The largest absolute Gasteiger partial charge is 0.457 e. The second-order valence-electron chi connectivity index (χ2n) is 14.4. The minimum absolute atomic E-state index is 0.561. The van der Waals surface area contributed by atoms with Crippen molar-refractivity contribution in [2.24, 2.45) is 0 Å². The average molecular weight is 703 g/mol. The smallest absolute Gasteiger partial charge is 0.136 e. The molecule has 258 valence electrons. The minimum Gasteiger partial charge on any atom is -0.457 e. The normalized spacial score (nSPS) is 13.0. The molecular formula is C53H34O2. The van der Waals surface area contributed by atoms with Gasteiger partial charge in [-0.25, -0.2) is 0 Å². The maximum Gasteiger partial charge on any atom is 0.136 e. The highest BCUT2D eigenvalue weighted by molar-refractivity contribution is 6.16. The van der Waals surface area contributed by atoms with Crippen LogP contribution in [0.3, 0.4) is 0 Å². The fourth-order valence-electron chi connectivity index (χ4n) is 9.04. The van der Waals surface area contributed by atoms with E-state index in [1.807, 2.05) is 0 Å². The number of fused-ring (bicyclic) bond motifs is 6. The molecule has 0 unspecified atom stereocenters. The number of furan rings is 1. The van der Waals surface area contributed by atoms with Gasteiger partial charge in [-0.1, -0.05) is 176 Å². The molecule has 0 aliphatic carbocycles. The predicted octanol–water partition coefficient (Wildman–Crippen LogP) is 14.2. The monoisotopic (exact) mass is 702 g/mol. The number of para-hydroxylation sites is 1. The van der Waals surface area contributed by atoms with E-state index in [9.17, 15) is 0 Å². The molecule has 0 saturated heterocycles. The molecule has 10 aromatic rings. The lowest BCUT2D eigenvalue weighted by molar-refractivity contribution is 0.435. The third kappa shape index (κ3) is 4.82. The Balaban J connectivity index is 1.11. The van der Waals surface area contributed by atoms with Crippen molar-refractivity contribution < 1.29 is 9.15 Å². The van der Waals surface area contributed by atoms with Gasteiger partial charge in [0.1, 0.15) is 22.7 Å². The second kappa shape index (κ2) is 12.5. The first-order chi connectivity index (χ1) is 27.3. The second-order valence-corrected chi connectivity index (χ2v) is 14.4. The van der Waals surface area contributed by atoms with Gasteiger partial charge in [-0.2, -0.15) is 0 Å². The summed E-state index contributed by atoms with van der Waals surface area (Å²) in [7, 11) is 0. The summed E-state index contributed by atoms with van der Waals surface area (Å²) in [4.78, 5) is 0. The zero-order chi connectivity index (χ0) is 36.3. The van der Waals surface area contributed by atoms with Gasteiger partial charge in [-0.15, -0.1) is 0 Å². The van der Waals surface area contributed by atoms with E-state index in [1.54, 1.807) is 0 Å². The first kappa shape index (κ1) is 31.4. The van der Waals surface area contributed by atoms with Gasteiger partial charge in [0.05, 0.1) is 5.41 Å². The molecule has 1 aromatic heterocycles. The van der Waals surface area contributed by atoms with Crippen LogP contribution in [-0.4, -0.2) is 0 Å². The quantitative estimate of drug-likeness (QED) is 0.178. The molecule has 0 N–H and O–H groups in total. The molecular weight excluding hydrogens is 669 g/mol. The fourth-order valence-corrected chi connectivity index (χ4v) is 9.04. The summed E-state index contributed by atoms with van der Waals surface area (Å²) in [6.07, 6.45) is 0. The summed E-state index contributed by atoms with van der Waals surface area (Å²) in [5.74, 6) is 1.72. The van der Waals surface area contributed by atoms with Gasteiger partial charge in [-0.3, -0.25) is 0 Å². The molecule has 0 amide bonds. The number of rotatable bonds is 5. The molecule has 2 heteroatoms. The van der Waals surface area contributed by atoms with Crippen molar-refractivity contribution >= 4 is 32.7 Å². The van der Waals surface area contributed by atoms with Crippen molar-refractivity contribution in [3.8, 4) is 44.9 Å². The van der Waals surface area contributed by atoms with E-state index in [0.717, 1.165) is 77.9 Å². The van der Waals surface area contributed by atoms with Crippen LogP contribution in [0.1, 0.15) is 22.3 Å². The van der Waals surface area contributed by atoms with Gasteiger partial charge in [0.15, 0.2) is 0 Å². The van der Waals surface area contributed by atoms with Crippen LogP contribution in [0.25, 0.3) is 66.1 Å². The van der Waals surface area contributed by atoms with E-state index < -0.39 is 5.41 Å². The first-order valence-corrected chi connectivity index (χ1v) is 18.8. The van der Waals surface area contributed by atoms with E-state index in [0.29, 0.717) is 0 Å². The van der Waals surface area contributed by atoms with Gasteiger partial charge in [0, 0.05) is 21.9 Å². The Bertz CT molecular complexity index is 3020. The van der Waals surface area contributed by atoms with Crippen LogP contribution in [-0.2, 0) is 5.41 Å². The molecule has 0 fully saturated rings. The van der Waals surface area contributed by atoms with Crippen LogP contribution in [0.4, 0.5) is 0 Å². The standard InChI is InChI=1S/C53H34O2/c1-3-18-38(19-4-1)53(39-20-5-2-6-21-39)46-27-13-14-28-48(46)54-51-34-37(30-31-47(51)53)40-22-9-10-23-41(40)42-24-11-12-25-43(42)44-26-15-29-49-52(44)45-32-35-16-7-8-17-36(35)33-50(45)55-49/h1-34H. The molecule has 0 atom stereocenters. The van der Waals surface area contributed by atoms with Crippen molar-refractivity contribution in [1.82, 2.24) is 0 Å². The lowest BCUT2D eigenvalue weighted by atomic mass is 9.63. The summed E-state index contributed by atoms with van der Waals surface area (Å²) >= 11 is 0. The molecule has 9 aromatic carbocycles. The Kier molecular flexibility index (Phi) is 7.11. The third-order valence-corrected chi connectivity index (χ3v) is 11.4. The van der Waals surface area contributed by atoms with Crippen molar-refractivity contribution in [3.05, 3.63) is 229 Å². The lowest BCUT2D eigenvalue weighted by Crippen LogP contribution is -2.34. The molecule has 2 heterocycles. The highest BCUT2D eigenvalue weighted by Crippen LogP contribution is 2.56. The molecule has 0 radical (unpaired) electrons. The molecule has 11 rings (SSSR count). The van der Waals surface area contributed by atoms with Crippen LogP contribution < -0.4 is 4.74 Å². The van der Waals surface area contributed by atoms with E-state index in [1.165, 1.54) is 21.9 Å². The number of benzene rings is 9. The van der Waals surface area contributed by atoms with Crippen molar-refractivity contribution in [3.63, 3.8) is 0 Å². The van der Waals surface area contributed by atoms with Crippen molar-refractivity contribution in [2.45, 2.75) is 5.41 Å². The Labute approximate surface area is 319 Å². The van der Waals surface area contributed by atoms with E-state index in [4.69, 9.17) is 9.15 Å². The van der Waals surface area contributed by atoms with E-state index in [-0.39, 0.29) is 0 Å². The van der Waals surface area contributed by atoms with Gasteiger partial charge in [-0.05, 0) is 85.6 Å². The topological polar surface area (TPSA) is 22.4 Å². The van der Waals surface area contributed by atoms with Crippen LogP contribution in [0.5, 0.6) is 11.5 Å². The number of hydrogen-bond acceptors (Lipinski definition) is 2. The minimum atomic E-state index is -0.561. The molecule has 2 nitrogen and oxygen atoms in total. The van der Waals surface area contributed by atoms with Crippen molar-refractivity contribution in [1.29, 1.82) is 0 Å². The number of ether oxygens (including phenoxy) is 1.